The Balaban J connectivity index is 1.64. The molecule has 0 aliphatic carbocycles. The Bertz CT molecular complexity index is 1320. The minimum atomic E-state index is -4.02. The monoisotopic (exact) mass is 480 g/mol. The zero-order valence-electron chi connectivity index (χ0n) is 19.1. The van der Waals surface area contributed by atoms with Crippen molar-refractivity contribution in [1.29, 1.82) is 0 Å². The smallest absolute Gasteiger partial charge is 0.323 e. The summed E-state index contributed by atoms with van der Waals surface area (Å²) in [6, 6.07) is 19.1. The van der Waals surface area contributed by atoms with Gasteiger partial charge >= 0.3 is 6.03 Å². The quantitative estimate of drug-likeness (QED) is 0.283. The van der Waals surface area contributed by atoms with E-state index in [4.69, 9.17) is 11.1 Å². The van der Waals surface area contributed by atoms with Crippen molar-refractivity contribution < 1.29 is 18.6 Å². The molecule has 0 bridgehead atoms. The van der Waals surface area contributed by atoms with Crippen LogP contribution in [0.5, 0.6) is 0 Å². The van der Waals surface area contributed by atoms with E-state index in [1.807, 2.05) is 24.3 Å². The van der Waals surface area contributed by atoms with Gasteiger partial charge in [0.25, 0.3) is 15.9 Å². The lowest BCUT2D eigenvalue weighted by atomic mass is 10.00. The number of nitrogens with zero attached hydrogens (tertiary/aromatic N) is 2. The molecule has 1 saturated heterocycles. The Labute approximate surface area is 199 Å². The maximum absolute atomic E-state index is 13.4. The molecule has 0 saturated carbocycles. The molecule has 1 aliphatic rings. The van der Waals surface area contributed by atoms with Gasteiger partial charge in [0.2, 0.25) is 0 Å². The number of carbonyl (C=O) groups excluding carboxylic acids is 1. The molecule has 3 aromatic rings. The number of piperidine rings is 1. The number of nitrogens with one attached hydrogen (secondary N) is 1. The fourth-order valence-corrected chi connectivity index (χ4v) is 5.14. The first-order chi connectivity index (χ1) is 16.2. The molecule has 8 nitrogen and oxygen atoms in total. The van der Waals surface area contributed by atoms with Crippen LogP contribution in [0.25, 0.3) is 10.8 Å². The topological polar surface area (TPSA) is 121 Å². The third kappa shape index (κ3) is 5.37. The number of fused-ring (bicyclic) bond motifs is 1. The van der Waals surface area contributed by atoms with Crippen molar-refractivity contribution in [1.82, 2.24) is 14.7 Å². The molecular weight excluding hydrogens is 450 g/mol. The third-order valence-corrected chi connectivity index (χ3v) is 7.48. The summed E-state index contributed by atoms with van der Waals surface area (Å²) in [5, 5.41) is 8.61. The maximum atomic E-state index is 13.4. The van der Waals surface area contributed by atoms with Crippen molar-refractivity contribution in [3.05, 3.63) is 77.9 Å². The van der Waals surface area contributed by atoms with Crippen LogP contribution in [-0.2, 0) is 16.6 Å². The molecule has 9 heteroatoms. The van der Waals surface area contributed by atoms with E-state index in [1.54, 1.807) is 47.4 Å². The number of amides is 2. The molecular formula is C25H30N5O3S+. The first-order valence-corrected chi connectivity index (χ1v) is 12.8. The molecule has 34 heavy (non-hydrogen) atoms. The minimum absolute atomic E-state index is 0.0266. The van der Waals surface area contributed by atoms with Gasteiger partial charge in [-0.15, -0.1) is 4.83 Å². The highest BCUT2D eigenvalue weighted by Gasteiger charge is 2.29. The van der Waals surface area contributed by atoms with Gasteiger partial charge < -0.3 is 4.90 Å². The van der Waals surface area contributed by atoms with E-state index >= 15 is 0 Å². The number of hydrazine groups is 1. The van der Waals surface area contributed by atoms with Gasteiger partial charge in [0.05, 0.1) is 17.0 Å². The Morgan fingerprint density at radius 2 is 1.76 bits per heavy atom. The van der Waals surface area contributed by atoms with Crippen LogP contribution in [0.3, 0.4) is 0 Å². The van der Waals surface area contributed by atoms with Crippen LogP contribution in [0.4, 0.5) is 4.79 Å². The van der Waals surface area contributed by atoms with Gasteiger partial charge in [-0.05, 0) is 59.4 Å². The van der Waals surface area contributed by atoms with E-state index in [-0.39, 0.29) is 23.3 Å². The molecule has 4 rings (SSSR count). The van der Waals surface area contributed by atoms with Crippen LogP contribution in [0, 0.1) is 5.92 Å². The van der Waals surface area contributed by atoms with Gasteiger partial charge in [0.1, 0.15) is 0 Å². The second-order valence-corrected chi connectivity index (χ2v) is 10.5. The average Bonchev–Trinajstić information content (AvgIpc) is 2.83. The Kier molecular flexibility index (Phi) is 6.85. The zero-order chi connectivity index (χ0) is 24.3. The summed E-state index contributed by atoms with van der Waals surface area (Å²) in [6.45, 7) is 3.34. The second kappa shape index (κ2) is 9.82. The number of hydrogen-bond acceptors (Lipinski definition) is 3. The summed E-state index contributed by atoms with van der Waals surface area (Å²) in [5.74, 6) is 0.688. The van der Waals surface area contributed by atoms with E-state index in [0.717, 1.165) is 28.6 Å². The molecule has 1 aliphatic heterocycles. The van der Waals surface area contributed by atoms with Crippen molar-refractivity contribution in [3.63, 3.8) is 0 Å². The molecule has 0 atom stereocenters. The van der Waals surface area contributed by atoms with Gasteiger partial charge in [-0.25, -0.2) is 18.2 Å². The van der Waals surface area contributed by atoms with Crippen molar-refractivity contribution >= 4 is 32.7 Å². The molecule has 3 aromatic carbocycles. The van der Waals surface area contributed by atoms with E-state index < -0.39 is 10.0 Å². The number of likely N-dealkylation sites (tertiary alicyclic amines) is 1. The second-order valence-electron chi connectivity index (χ2n) is 8.80. The fourth-order valence-electron chi connectivity index (χ4n) is 4.07. The predicted octanol–water partition coefficient (Wildman–Crippen LogP) is 1.85. The van der Waals surface area contributed by atoms with Gasteiger partial charge in [-0.3, -0.25) is 11.1 Å². The van der Waals surface area contributed by atoms with E-state index in [1.165, 1.54) is 0 Å². The van der Waals surface area contributed by atoms with Gasteiger partial charge in [0.15, 0.2) is 0 Å². The molecule has 1 fully saturated rings. The van der Waals surface area contributed by atoms with Crippen LogP contribution in [-0.4, -0.2) is 43.3 Å². The molecule has 2 amide bonds. The molecule has 178 valence electrons. The summed E-state index contributed by atoms with van der Waals surface area (Å²) in [4.78, 5) is 17.7. The van der Waals surface area contributed by atoms with Crippen LogP contribution >= 0.6 is 0 Å². The number of nitrogens with two attached hydrogens (primary N) is 2. The SMILES string of the molecule is CC1CCN(C(=O)N(Cc2cccc(C(N)=[NH2+])c2)NS(=O)(=O)c2ccc3ccccc3c2)CC1. The van der Waals surface area contributed by atoms with Crippen LogP contribution < -0.4 is 16.0 Å². The van der Waals surface area contributed by atoms with Crippen molar-refractivity contribution in [2.45, 2.75) is 31.2 Å². The van der Waals surface area contributed by atoms with Crippen molar-refractivity contribution in [2.75, 3.05) is 13.1 Å². The number of sulfonamides is 1. The number of amidine groups is 1. The lowest BCUT2D eigenvalue weighted by Gasteiger charge is -2.34. The number of carbonyl (C=O) groups is 1. The van der Waals surface area contributed by atoms with Crippen molar-refractivity contribution in [2.24, 2.45) is 11.7 Å². The fraction of sp³-hybridized carbons (Fsp3) is 0.280. The summed E-state index contributed by atoms with van der Waals surface area (Å²) in [5.41, 5.74) is 7.04. The molecule has 5 N–H and O–H groups in total. The summed E-state index contributed by atoms with van der Waals surface area (Å²) >= 11 is 0. The molecule has 0 spiro atoms. The van der Waals surface area contributed by atoms with Gasteiger partial charge in [-0.1, -0.05) is 49.4 Å². The highest BCUT2D eigenvalue weighted by Crippen LogP contribution is 2.21. The first-order valence-electron chi connectivity index (χ1n) is 11.3. The van der Waals surface area contributed by atoms with E-state index in [0.29, 0.717) is 30.1 Å². The summed E-state index contributed by atoms with van der Waals surface area (Å²) in [6.07, 6.45) is 1.76. The summed E-state index contributed by atoms with van der Waals surface area (Å²) in [7, 11) is -4.02. The highest BCUT2D eigenvalue weighted by atomic mass is 32.2. The van der Waals surface area contributed by atoms with E-state index in [2.05, 4.69) is 11.8 Å². The minimum Gasteiger partial charge on any atom is -0.323 e. The molecule has 0 unspecified atom stereocenters. The Morgan fingerprint density at radius 3 is 2.47 bits per heavy atom. The summed E-state index contributed by atoms with van der Waals surface area (Å²) < 4.78 is 26.6. The molecule has 0 radical (unpaired) electrons. The van der Waals surface area contributed by atoms with E-state index in [9.17, 15) is 13.2 Å². The lowest BCUT2D eigenvalue weighted by Crippen LogP contribution is -2.53. The van der Waals surface area contributed by atoms with Crippen LogP contribution in [0.15, 0.2) is 71.6 Å². The van der Waals surface area contributed by atoms with Gasteiger partial charge in [-0.2, -0.15) is 0 Å². The average molecular weight is 481 g/mol. The number of hydrogen-bond donors (Lipinski definition) is 3. The van der Waals surface area contributed by atoms with Crippen molar-refractivity contribution in [3.8, 4) is 0 Å². The zero-order valence-corrected chi connectivity index (χ0v) is 20.0. The Morgan fingerprint density at radius 1 is 1.06 bits per heavy atom. The van der Waals surface area contributed by atoms with Gasteiger partial charge in [0, 0.05) is 13.1 Å². The number of urea groups is 1. The van der Waals surface area contributed by atoms with Crippen LogP contribution in [0.2, 0.25) is 0 Å². The number of benzene rings is 3. The molecule has 1 heterocycles. The number of rotatable bonds is 6. The Hall–Kier alpha value is -3.43. The standard InChI is InChI=1S/C25H29N5O3S/c1-18-11-13-29(14-12-18)25(31)30(17-19-5-4-8-22(15-19)24(26)27)28-34(32,33)23-10-9-20-6-2-3-7-21(20)16-23/h2-10,15-16,18,28H,11-14,17H2,1H3,(H3,26,27)/p+1. The largest absolute Gasteiger partial charge is 0.335 e. The highest BCUT2D eigenvalue weighted by molar-refractivity contribution is 7.89. The van der Waals surface area contributed by atoms with Crippen LogP contribution in [0.1, 0.15) is 30.9 Å². The molecule has 0 aromatic heterocycles. The predicted molar refractivity (Wildman–Crippen MR) is 132 cm³/mol. The normalized spacial score (nSPS) is 14.8. The lowest BCUT2D eigenvalue weighted by molar-refractivity contribution is -0.114. The third-order valence-electron chi connectivity index (χ3n) is 6.15. The maximum Gasteiger partial charge on any atom is 0.335 e. The first kappa shape index (κ1) is 23.7.